The molecule has 3 rings (SSSR count). The molecule has 0 saturated heterocycles. The van der Waals surface area contributed by atoms with Crippen LogP contribution in [0.2, 0.25) is 0 Å². The predicted octanol–water partition coefficient (Wildman–Crippen LogP) is 2.98. The number of aryl methyl sites for hydroxylation is 1. The first-order chi connectivity index (χ1) is 8.78. The quantitative estimate of drug-likeness (QED) is 0.721. The van der Waals surface area contributed by atoms with Crippen LogP contribution in [0.25, 0.3) is 22.6 Å². The van der Waals surface area contributed by atoms with Crippen molar-refractivity contribution < 1.29 is 0 Å². The van der Waals surface area contributed by atoms with E-state index in [2.05, 4.69) is 26.3 Å². The zero-order valence-corrected chi connectivity index (χ0v) is 10.4. The minimum Gasteiger partial charge on any atom is -0.388 e. The fourth-order valence-electron chi connectivity index (χ4n) is 2.04. The molecule has 0 bridgehead atoms. The number of H-pyrrole nitrogens is 1. The van der Waals surface area contributed by atoms with E-state index >= 15 is 0 Å². The number of anilines is 1. The van der Waals surface area contributed by atoms with Gasteiger partial charge in [0.2, 0.25) is 0 Å². The zero-order chi connectivity index (χ0) is 12.5. The molecule has 0 aliphatic carbocycles. The van der Waals surface area contributed by atoms with Crippen LogP contribution in [0.4, 0.5) is 5.69 Å². The number of hydrogen-bond acceptors (Lipinski definition) is 3. The number of pyridine rings is 1. The van der Waals surface area contributed by atoms with E-state index in [1.54, 1.807) is 0 Å². The first kappa shape index (κ1) is 10.8. The minimum absolute atomic E-state index is 0.751. The smallest absolute Gasteiger partial charge is 0.178 e. The standard InChI is InChI=1S/C14H14N4/c1-9-7-12-14(16-8-9)18-13(17-12)10-5-3-4-6-11(10)15-2/h3-8,15H,1-2H3,(H,16,17,18). The summed E-state index contributed by atoms with van der Waals surface area (Å²) < 4.78 is 0. The minimum atomic E-state index is 0.751. The molecule has 0 atom stereocenters. The monoisotopic (exact) mass is 238 g/mol. The first-order valence-electron chi connectivity index (χ1n) is 5.87. The molecule has 0 fully saturated rings. The van der Waals surface area contributed by atoms with Crippen LogP contribution < -0.4 is 5.32 Å². The second-order valence-corrected chi connectivity index (χ2v) is 4.26. The van der Waals surface area contributed by atoms with Crippen molar-refractivity contribution in [2.75, 3.05) is 12.4 Å². The van der Waals surface area contributed by atoms with Crippen LogP contribution in [0.15, 0.2) is 36.5 Å². The molecular weight excluding hydrogens is 224 g/mol. The van der Waals surface area contributed by atoms with Crippen LogP contribution >= 0.6 is 0 Å². The van der Waals surface area contributed by atoms with Gasteiger partial charge in [-0.1, -0.05) is 12.1 Å². The molecule has 0 aliphatic heterocycles. The number of rotatable bonds is 2. The lowest BCUT2D eigenvalue weighted by molar-refractivity contribution is 1.28. The molecule has 0 aliphatic rings. The zero-order valence-electron chi connectivity index (χ0n) is 10.4. The number of aromatic nitrogens is 3. The summed E-state index contributed by atoms with van der Waals surface area (Å²) in [7, 11) is 1.91. The second-order valence-electron chi connectivity index (χ2n) is 4.26. The number of nitrogens with one attached hydrogen (secondary N) is 2. The normalized spacial score (nSPS) is 10.8. The largest absolute Gasteiger partial charge is 0.388 e. The third kappa shape index (κ3) is 1.72. The van der Waals surface area contributed by atoms with Crippen LogP contribution in [0.5, 0.6) is 0 Å². The van der Waals surface area contributed by atoms with Crippen molar-refractivity contribution in [3.8, 4) is 11.4 Å². The average molecular weight is 238 g/mol. The second kappa shape index (κ2) is 4.14. The summed E-state index contributed by atoms with van der Waals surface area (Å²) in [5.41, 5.74) is 4.95. The Kier molecular flexibility index (Phi) is 2.48. The molecule has 1 aromatic carbocycles. The molecule has 4 nitrogen and oxygen atoms in total. The van der Waals surface area contributed by atoms with E-state index in [0.29, 0.717) is 0 Å². The van der Waals surface area contributed by atoms with E-state index in [4.69, 9.17) is 0 Å². The lowest BCUT2D eigenvalue weighted by Crippen LogP contribution is -1.92. The van der Waals surface area contributed by atoms with Crippen molar-refractivity contribution in [1.82, 2.24) is 15.0 Å². The molecule has 2 heterocycles. The summed E-state index contributed by atoms with van der Waals surface area (Å²) >= 11 is 0. The van der Waals surface area contributed by atoms with Gasteiger partial charge in [-0.3, -0.25) is 0 Å². The summed E-state index contributed by atoms with van der Waals surface area (Å²) in [6.07, 6.45) is 1.83. The van der Waals surface area contributed by atoms with E-state index < -0.39 is 0 Å². The molecule has 0 saturated carbocycles. The van der Waals surface area contributed by atoms with E-state index in [1.807, 2.05) is 44.4 Å². The number of para-hydroxylation sites is 1. The van der Waals surface area contributed by atoms with E-state index in [9.17, 15) is 0 Å². The van der Waals surface area contributed by atoms with Crippen molar-refractivity contribution in [2.24, 2.45) is 0 Å². The summed E-state index contributed by atoms with van der Waals surface area (Å²) in [5, 5.41) is 3.17. The fourth-order valence-corrected chi connectivity index (χ4v) is 2.04. The Labute approximate surface area is 105 Å². The third-order valence-electron chi connectivity index (χ3n) is 2.93. The Morgan fingerprint density at radius 1 is 1.22 bits per heavy atom. The van der Waals surface area contributed by atoms with Gasteiger partial charge in [0.15, 0.2) is 5.65 Å². The molecule has 0 unspecified atom stereocenters. The number of hydrogen-bond donors (Lipinski definition) is 2. The van der Waals surface area contributed by atoms with Crippen molar-refractivity contribution in [1.29, 1.82) is 0 Å². The average Bonchev–Trinajstić information content (AvgIpc) is 2.81. The molecule has 0 spiro atoms. The van der Waals surface area contributed by atoms with Gasteiger partial charge in [0.05, 0.1) is 5.52 Å². The topological polar surface area (TPSA) is 53.6 Å². The van der Waals surface area contributed by atoms with Gasteiger partial charge < -0.3 is 10.3 Å². The number of fused-ring (bicyclic) bond motifs is 1. The SMILES string of the molecule is CNc1ccccc1-c1nc2ncc(C)cc2[nH]1. The van der Waals surface area contributed by atoms with Crippen molar-refractivity contribution in [3.05, 3.63) is 42.1 Å². The van der Waals surface area contributed by atoms with E-state index in [0.717, 1.165) is 33.8 Å². The van der Waals surface area contributed by atoms with Crippen molar-refractivity contribution in [2.45, 2.75) is 6.92 Å². The Hall–Kier alpha value is -2.36. The lowest BCUT2D eigenvalue weighted by atomic mass is 10.1. The number of nitrogens with zero attached hydrogens (tertiary/aromatic N) is 2. The van der Waals surface area contributed by atoms with E-state index in [1.165, 1.54) is 0 Å². The van der Waals surface area contributed by atoms with Gasteiger partial charge in [0, 0.05) is 24.5 Å². The van der Waals surface area contributed by atoms with Crippen LogP contribution in [0.1, 0.15) is 5.56 Å². The maximum atomic E-state index is 4.53. The first-order valence-corrected chi connectivity index (χ1v) is 5.87. The molecule has 0 amide bonds. The van der Waals surface area contributed by atoms with Gasteiger partial charge in [0.25, 0.3) is 0 Å². The summed E-state index contributed by atoms with van der Waals surface area (Å²) in [6.45, 7) is 2.02. The van der Waals surface area contributed by atoms with Crippen LogP contribution in [0, 0.1) is 6.92 Å². The summed E-state index contributed by atoms with van der Waals surface area (Å²) in [6, 6.07) is 10.1. The van der Waals surface area contributed by atoms with Gasteiger partial charge in [-0.2, -0.15) is 0 Å². The Morgan fingerprint density at radius 3 is 2.89 bits per heavy atom. The molecule has 2 N–H and O–H groups in total. The maximum Gasteiger partial charge on any atom is 0.178 e. The van der Waals surface area contributed by atoms with Gasteiger partial charge in [-0.15, -0.1) is 0 Å². The summed E-state index contributed by atoms with van der Waals surface area (Å²) in [4.78, 5) is 12.2. The molecule has 0 radical (unpaired) electrons. The van der Waals surface area contributed by atoms with Crippen molar-refractivity contribution in [3.63, 3.8) is 0 Å². The third-order valence-corrected chi connectivity index (χ3v) is 2.93. The van der Waals surface area contributed by atoms with Crippen LogP contribution in [-0.4, -0.2) is 22.0 Å². The van der Waals surface area contributed by atoms with Crippen LogP contribution in [0.3, 0.4) is 0 Å². The maximum absolute atomic E-state index is 4.53. The summed E-state index contributed by atoms with van der Waals surface area (Å²) in [5.74, 6) is 0.841. The number of benzene rings is 1. The highest BCUT2D eigenvalue weighted by Gasteiger charge is 2.09. The number of imidazole rings is 1. The molecule has 2 aromatic heterocycles. The molecule has 4 heteroatoms. The molecule has 90 valence electrons. The van der Waals surface area contributed by atoms with Gasteiger partial charge in [-0.25, -0.2) is 9.97 Å². The lowest BCUT2D eigenvalue weighted by Gasteiger charge is -2.05. The van der Waals surface area contributed by atoms with Gasteiger partial charge in [-0.05, 0) is 30.7 Å². The highest BCUT2D eigenvalue weighted by atomic mass is 15.0. The Balaban J connectivity index is 2.19. The highest BCUT2D eigenvalue weighted by molar-refractivity contribution is 5.81. The van der Waals surface area contributed by atoms with Crippen molar-refractivity contribution >= 4 is 16.9 Å². The Morgan fingerprint density at radius 2 is 2.06 bits per heavy atom. The highest BCUT2D eigenvalue weighted by Crippen LogP contribution is 2.26. The Bertz CT molecular complexity index is 700. The fraction of sp³-hybridized carbons (Fsp3) is 0.143. The molecule has 3 aromatic rings. The van der Waals surface area contributed by atoms with Gasteiger partial charge in [0.1, 0.15) is 5.82 Å². The number of aromatic amines is 1. The van der Waals surface area contributed by atoms with Gasteiger partial charge >= 0.3 is 0 Å². The molecule has 18 heavy (non-hydrogen) atoms. The van der Waals surface area contributed by atoms with E-state index in [-0.39, 0.29) is 0 Å². The van der Waals surface area contributed by atoms with Crippen LogP contribution in [-0.2, 0) is 0 Å². The predicted molar refractivity (Wildman–Crippen MR) is 73.6 cm³/mol. The molecular formula is C14H14N4.